The van der Waals surface area contributed by atoms with Crippen LogP contribution >= 0.6 is 0 Å². The number of hydrogen-bond acceptors (Lipinski definition) is 10. The molecule has 12 nitrogen and oxygen atoms in total. The van der Waals surface area contributed by atoms with Gasteiger partial charge in [-0.3, -0.25) is 9.69 Å². The Balaban J connectivity index is 1.63. The molecule has 0 radical (unpaired) electrons. The Morgan fingerprint density at radius 1 is 1.06 bits per heavy atom. The van der Waals surface area contributed by atoms with Crippen molar-refractivity contribution in [3.63, 3.8) is 0 Å². The van der Waals surface area contributed by atoms with Gasteiger partial charge >= 0.3 is 5.97 Å². The van der Waals surface area contributed by atoms with E-state index >= 15 is 0 Å². The number of aromatic hydroxyl groups is 2. The highest BCUT2D eigenvalue weighted by molar-refractivity contribution is 6.09. The van der Waals surface area contributed by atoms with Crippen molar-refractivity contribution in [3.05, 3.63) is 53.6 Å². The fourth-order valence-electron chi connectivity index (χ4n) is 4.14. The number of hydrogen-bond donors (Lipinski definition) is 7. The van der Waals surface area contributed by atoms with E-state index in [4.69, 9.17) is 9.47 Å². The maximum atomic E-state index is 13.0. The molecule has 1 amide bonds. The summed E-state index contributed by atoms with van der Waals surface area (Å²) in [6.07, 6.45) is -5.37. The van der Waals surface area contributed by atoms with E-state index < -0.39 is 61.0 Å². The van der Waals surface area contributed by atoms with Crippen LogP contribution in [0, 0.1) is 0 Å². The summed E-state index contributed by atoms with van der Waals surface area (Å²) in [6, 6.07) is 7.16. The number of phenols is 2. The first-order chi connectivity index (χ1) is 17.1. The normalized spacial score (nSPS) is 27.7. The molecule has 12 heteroatoms. The molecule has 6 atom stereocenters. The summed E-state index contributed by atoms with van der Waals surface area (Å²) < 4.78 is 10.8. The van der Waals surface area contributed by atoms with Gasteiger partial charge in [-0.05, 0) is 35.4 Å². The molecule has 2 aromatic carbocycles. The molecule has 0 spiro atoms. The summed E-state index contributed by atoms with van der Waals surface area (Å²) in [5.74, 6) is -2.62. The number of carbonyl (C=O) groups is 2. The Bertz CT molecular complexity index is 1160. The molecule has 0 aliphatic carbocycles. The summed E-state index contributed by atoms with van der Waals surface area (Å²) in [7, 11) is 0. The van der Waals surface area contributed by atoms with Crippen LogP contribution in [0.15, 0.2) is 42.5 Å². The minimum Gasteiger partial charge on any atom is -0.508 e. The lowest BCUT2D eigenvalue weighted by molar-refractivity contribution is -0.277. The Morgan fingerprint density at radius 2 is 1.75 bits per heavy atom. The lowest BCUT2D eigenvalue weighted by Crippen LogP contribution is -2.60. The van der Waals surface area contributed by atoms with Crippen LogP contribution in [0.25, 0.3) is 6.08 Å². The molecule has 2 aromatic rings. The van der Waals surface area contributed by atoms with Gasteiger partial charge in [0.2, 0.25) is 6.29 Å². The van der Waals surface area contributed by atoms with Crippen LogP contribution in [0.1, 0.15) is 11.1 Å². The zero-order valence-corrected chi connectivity index (χ0v) is 18.7. The number of fused-ring (bicyclic) bond motifs is 1. The third kappa shape index (κ3) is 4.85. The molecule has 2 heterocycles. The van der Waals surface area contributed by atoms with Crippen molar-refractivity contribution in [2.24, 2.45) is 0 Å². The summed E-state index contributed by atoms with van der Waals surface area (Å²) in [5.41, 5.74) is 1.08. The lowest BCUT2D eigenvalue weighted by atomic mass is 9.99. The molecule has 2 aliphatic rings. The van der Waals surface area contributed by atoms with Crippen LogP contribution in [0.5, 0.6) is 17.2 Å². The van der Waals surface area contributed by atoms with Gasteiger partial charge < -0.3 is 45.2 Å². The van der Waals surface area contributed by atoms with Crippen molar-refractivity contribution in [2.75, 3.05) is 11.5 Å². The highest BCUT2D eigenvalue weighted by Crippen LogP contribution is 2.41. The summed E-state index contributed by atoms with van der Waals surface area (Å²) >= 11 is 0. The topological polar surface area (TPSA) is 197 Å². The molecular weight excluding hydrogens is 478 g/mol. The van der Waals surface area contributed by atoms with Crippen LogP contribution in [0.3, 0.4) is 0 Å². The van der Waals surface area contributed by atoms with Gasteiger partial charge in [0, 0.05) is 18.6 Å². The van der Waals surface area contributed by atoms with Crippen molar-refractivity contribution in [3.8, 4) is 17.2 Å². The number of ether oxygens (including phenoxy) is 2. The van der Waals surface area contributed by atoms with E-state index in [1.54, 1.807) is 12.1 Å². The number of carbonyl (C=O) groups excluding carboxylic acids is 1. The molecule has 0 bridgehead atoms. The number of amides is 1. The van der Waals surface area contributed by atoms with Gasteiger partial charge in [0.25, 0.3) is 5.91 Å². The molecule has 1 saturated heterocycles. The number of nitrogens with zero attached hydrogens (tertiary/aromatic N) is 1. The number of phenolic OH excluding ortho intramolecular Hbond substituents is 2. The number of rotatable bonds is 6. The number of aliphatic hydroxyl groups excluding tert-OH is 4. The van der Waals surface area contributed by atoms with Gasteiger partial charge in [0.1, 0.15) is 36.2 Å². The van der Waals surface area contributed by atoms with E-state index in [-0.39, 0.29) is 23.6 Å². The standard InChI is InChI=1S/C24H25NO11/c26-10-18-20(30)21(31)22(32)24(36-18)35-17-9-14-12(8-16(17)28)7-15(23(33)34)25(14)19(29)6-3-11-1-4-13(27)5-2-11/h1-6,8-9,15,18,20-22,24,26-28,30-32H,7,10H2,(H,33,34)/b6-3+/t15-,18+,20+,21-,22+,24+/m0/s1. The highest BCUT2D eigenvalue weighted by Gasteiger charge is 2.45. The third-order valence-corrected chi connectivity index (χ3v) is 6.07. The van der Waals surface area contributed by atoms with Crippen molar-refractivity contribution in [2.45, 2.75) is 43.2 Å². The van der Waals surface area contributed by atoms with Gasteiger partial charge in [-0.2, -0.15) is 0 Å². The second kappa shape index (κ2) is 10.1. The minimum atomic E-state index is -1.74. The molecule has 0 unspecified atom stereocenters. The molecule has 2 aliphatic heterocycles. The Morgan fingerprint density at radius 3 is 2.39 bits per heavy atom. The second-order valence-corrected chi connectivity index (χ2v) is 8.46. The lowest BCUT2D eigenvalue weighted by Gasteiger charge is -2.39. The molecular formula is C24H25NO11. The van der Waals surface area contributed by atoms with E-state index in [0.29, 0.717) is 11.1 Å². The number of aliphatic hydroxyl groups is 4. The zero-order chi connectivity index (χ0) is 26.1. The van der Waals surface area contributed by atoms with Gasteiger partial charge in [0.05, 0.1) is 12.3 Å². The number of carboxylic acid groups (broad SMARTS) is 1. The summed E-state index contributed by atoms with van der Waals surface area (Å²) in [5, 5.41) is 69.0. The van der Waals surface area contributed by atoms with Gasteiger partial charge in [-0.1, -0.05) is 12.1 Å². The fraction of sp³-hybridized carbons (Fsp3) is 0.333. The molecule has 7 N–H and O–H groups in total. The molecule has 4 rings (SSSR count). The average molecular weight is 503 g/mol. The fourth-order valence-corrected chi connectivity index (χ4v) is 4.14. The van der Waals surface area contributed by atoms with Crippen LogP contribution < -0.4 is 9.64 Å². The first kappa shape index (κ1) is 25.4. The molecule has 36 heavy (non-hydrogen) atoms. The molecule has 0 saturated carbocycles. The Kier molecular flexibility index (Phi) is 7.15. The smallest absolute Gasteiger partial charge is 0.327 e. The summed E-state index contributed by atoms with van der Waals surface area (Å²) in [6.45, 7) is -0.684. The summed E-state index contributed by atoms with van der Waals surface area (Å²) in [4.78, 5) is 25.9. The third-order valence-electron chi connectivity index (χ3n) is 6.07. The highest BCUT2D eigenvalue weighted by atomic mass is 16.7. The largest absolute Gasteiger partial charge is 0.508 e. The maximum Gasteiger partial charge on any atom is 0.327 e. The minimum absolute atomic E-state index is 0.0460. The Labute approximate surface area is 204 Å². The van der Waals surface area contributed by atoms with Crippen LogP contribution in [0.4, 0.5) is 5.69 Å². The van der Waals surface area contributed by atoms with Crippen molar-refractivity contribution in [1.29, 1.82) is 0 Å². The van der Waals surface area contributed by atoms with Gasteiger partial charge in [0.15, 0.2) is 11.5 Å². The maximum absolute atomic E-state index is 13.0. The van der Waals surface area contributed by atoms with Crippen LogP contribution in [-0.4, -0.2) is 91.0 Å². The van der Waals surface area contributed by atoms with Crippen molar-refractivity contribution < 1.29 is 54.8 Å². The van der Waals surface area contributed by atoms with Gasteiger partial charge in [-0.25, -0.2) is 4.79 Å². The number of carboxylic acids is 1. The van der Waals surface area contributed by atoms with Crippen LogP contribution in [0.2, 0.25) is 0 Å². The van der Waals surface area contributed by atoms with E-state index in [2.05, 4.69) is 0 Å². The predicted octanol–water partition coefficient (Wildman–Crippen LogP) is -0.668. The molecule has 1 fully saturated rings. The molecule has 192 valence electrons. The van der Waals surface area contributed by atoms with E-state index in [1.165, 1.54) is 36.4 Å². The van der Waals surface area contributed by atoms with Gasteiger partial charge in [-0.15, -0.1) is 0 Å². The Hall–Kier alpha value is -3.68. The van der Waals surface area contributed by atoms with E-state index in [1.807, 2.05) is 0 Å². The SMILES string of the molecule is O=C(O)[C@@H]1Cc2cc(O)c(O[C@@H]3O[C@H](CO)[C@@H](O)[C@H](O)[C@H]3O)cc2N1C(=O)/C=C/c1ccc(O)cc1. The monoisotopic (exact) mass is 503 g/mol. The van der Waals surface area contributed by atoms with E-state index in [9.17, 15) is 45.3 Å². The second-order valence-electron chi connectivity index (χ2n) is 8.46. The predicted molar refractivity (Wildman–Crippen MR) is 122 cm³/mol. The zero-order valence-electron chi connectivity index (χ0n) is 18.7. The number of anilines is 1. The average Bonchev–Trinajstić information content (AvgIpc) is 3.22. The number of benzene rings is 2. The van der Waals surface area contributed by atoms with Crippen LogP contribution in [-0.2, 0) is 20.7 Å². The molecule has 0 aromatic heterocycles. The van der Waals surface area contributed by atoms with E-state index in [0.717, 1.165) is 4.90 Å². The number of aliphatic carboxylic acids is 1. The quantitative estimate of drug-likeness (QED) is 0.247. The first-order valence-corrected chi connectivity index (χ1v) is 11.0. The van der Waals surface area contributed by atoms with Crippen molar-refractivity contribution in [1.82, 2.24) is 0 Å². The first-order valence-electron chi connectivity index (χ1n) is 11.0. The van der Waals surface area contributed by atoms with Crippen molar-refractivity contribution >= 4 is 23.6 Å².